The average molecular weight is 405 g/mol. The second-order valence-corrected chi connectivity index (χ2v) is 7.58. The molecule has 1 aliphatic heterocycles. The van der Waals surface area contributed by atoms with E-state index in [-0.39, 0.29) is 23.4 Å². The van der Waals surface area contributed by atoms with E-state index in [0.717, 1.165) is 29.3 Å². The van der Waals surface area contributed by atoms with Gasteiger partial charge in [-0.05, 0) is 36.4 Å². The number of nitrogens with one attached hydrogen (secondary N) is 2. The number of benzene rings is 3. The van der Waals surface area contributed by atoms with E-state index in [1.54, 1.807) is 12.1 Å². The Bertz CT molecular complexity index is 1060. The van der Waals surface area contributed by atoms with Gasteiger partial charge in [0.15, 0.2) is 0 Å². The first-order valence-corrected chi connectivity index (χ1v) is 10.2. The third kappa shape index (κ3) is 4.66. The lowest BCUT2D eigenvalue weighted by Gasteiger charge is -2.31. The van der Waals surface area contributed by atoms with Gasteiger partial charge in [0.05, 0.1) is 12.1 Å². The Labute approximate surface area is 174 Å². The summed E-state index contributed by atoms with van der Waals surface area (Å²) in [5.74, 6) is -0.960. The molecule has 0 spiro atoms. The number of anilines is 1. The molecule has 0 atom stereocenters. The van der Waals surface area contributed by atoms with Gasteiger partial charge in [0.1, 0.15) is 5.82 Å². The van der Waals surface area contributed by atoms with E-state index < -0.39 is 5.82 Å². The summed E-state index contributed by atoms with van der Waals surface area (Å²) in [7, 11) is 0. The number of halogens is 1. The quantitative estimate of drug-likeness (QED) is 0.679. The van der Waals surface area contributed by atoms with Crippen molar-refractivity contribution in [3.63, 3.8) is 0 Å². The Morgan fingerprint density at radius 1 is 0.933 bits per heavy atom. The molecule has 5 nitrogen and oxygen atoms in total. The van der Waals surface area contributed by atoms with Crippen LogP contribution in [0, 0.1) is 5.82 Å². The summed E-state index contributed by atoms with van der Waals surface area (Å²) in [6.07, 6.45) is 1.45. The van der Waals surface area contributed by atoms with Crippen molar-refractivity contribution in [3.05, 3.63) is 78.1 Å². The lowest BCUT2D eigenvalue weighted by Crippen LogP contribution is -2.46. The number of carbonyl (C=O) groups is 2. The van der Waals surface area contributed by atoms with Gasteiger partial charge in [0.25, 0.3) is 5.91 Å². The van der Waals surface area contributed by atoms with Crippen LogP contribution in [0.2, 0.25) is 0 Å². The number of rotatable bonds is 5. The molecule has 4 rings (SSSR count). The van der Waals surface area contributed by atoms with Gasteiger partial charge < -0.3 is 10.6 Å². The lowest BCUT2D eigenvalue weighted by atomic mass is 10.0. The van der Waals surface area contributed by atoms with Gasteiger partial charge >= 0.3 is 0 Å². The molecule has 0 aliphatic carbocycles. The molecule has 1 fully saturated rings. The van der Waals surface area contributed by atoms with Gasteiger partial charge in [-0.1, -0.05) is 48.5 Å². The Hall–Kier alpha value is -3.25. The first kappa shape index (κ1) is 20.0. The smallest absolute Gasteiger partial charge is 0.254 e. The molecule has 154 valence electrons. The van der Waals surface area contributed by atoms with E-state index in [9.17, 15) is 14.0 Å². The molecular weight excluding hydrogens is 381 g/mol. The van der Waals surface area contributed by atoms with Crippen LogP contribution < -0.4 is 10.6 Å². The van der Waals surface area contributed by atoms with Gasteiger partial charge in [0, 0.05) is 30.2 Å². The molecule has 2 N–H and O–H groups in total. The summed E-state index contributed by atoms with van der Waals surface area (Å²) in [5.41, 5.74) is 0.875. The minimum atomic E-state index is -0.516. The van der Waals surface area contributed by atoms with Crippen LogP contribution in [0.5, 0.6) is 0 Å². The van der Waals surface area contributed by atoms with Crippen molar-refractivity contribution in [2.75, 3.05) is 25.0 Å². The number of piperidine rings is 1. The van der Waals surface area contributed by atoms with Crippen molar-refractivity contribution in [3.8, 4) is 0 Å². The molecule has 3 aromatic carbocycles. The molecule has 0 saturated carbocycles. The SMILES string of the molecule is O=C(CN1CCC(NC(=O)c2ccccc2F)CC1)Nc1cccc2ccccc12. The summed E-state index contributed by atoms with van der Waals surface area (Å²) in [4.78, 5) is 26.9. The van der Waals surface area contributed by atoms with Crippen molar-refractivity contribution in [1.82, 2.24) is 10.2 Å². The zero-order chi connectivity index (χ0) is 20.9. The van der Waals surface area contributed by atoms with Gasteiger partial charge in [-0.15, -0.1) is 0 Å². The highest BCUT2D eigenvalue weighted by Crippen LogP contribution is 2.23. The van der Waals surface area contributed by atoms with Gasteiger partial charge in [0.2, 0.25) is 5.91 Å². The topological polar surface area (TPSA) is 61.4 Å². The summed E-state index contributed by atoms with van der Waals surface area (Å²) >= 11 is 0. The Morgan fingerprint density at radius 3 is 2.43 bits per heavy atom. The number of likely N-dealkylation sites (tertiary alicyclic amines) is 1. The van der Waals surface area contributed by atoms with Crippen LogP contribution in [0.4, 0.5) is 10.1 Å². The van der Waals surface area contributed by atoms with E-state index in [4.69, 9.17) is 0 Å². The van der Waals surface area contributed by atoms with E-state index in [1.165, 1.54) is 12.1 Å². The zero-order valence-electron chi connectivity index (χ0n) is 16.6. The van der Waals surface area contributed by atoms with E-state index in [2.05, 4.69) is 15.5 Å². The minimum absolute atomic E-state index is 0.0190. The number of amides is 2. The lowest BCUT2D eigenvalue weighted by molar-refractivity contribution is -0.117. The molecule has 3 aromatic rings. The van der Waals surface area contributed by atoms with E-state index in [0.29, 0.717) is 19.6 Å². The fourth-order valence-corrected chi connectivity index (χ4v) is 3.87. The predicted molar refractivity (Wildman–Crippen MR) is 116 cm³/mol. The summed E-state index contributed by atoms with van der Waals surface area (Å²) < 4.78 is 13.8. The third-order valence-electron chi connectivity index (χ3n) is 5.47. The average Bonchev–Trinajstić information content (AvgIpc) is 2.75. The maximum atomic E-state index is 13.8. The van der Waals surface area contributed by atoms with Gasteiger partial charge in [-0.2, -0.15) is 0 Å². The number of hydrogen-bond donors (Lipinski definition) is 2. The molecule has 1 saturated heterocycles. The Morgan fingerprint density at radius 2 is 1.63 bits per heavy atom. The highest BCUT2D eigenvalue weighted by atomic mass is 19.1. The maximum absolute atomic E-state index is 13.8. The van der Waals surface area contributed by atoms with Crippen LogP contribution in [0.15, 0.2) is 66.7 Å². The molecule has 0 unspecified atom stereocenters. The van der Waals surface area contributed by atoms with Crippen molar-refractivity contribution >= 4 is 28.3 Å². The van der Waals surface area contributed by atoms with Crippen LogP contribution in [-0.4, -0.2) is 42.4 Å². The number of carbonyl (C=O) groups excluding carboxylic acids is 2. The van der Waals surface area contributed by atoms with Crippen molar-refractivity contribution < 1.29 is 14.0 Å². The zero-order valence-corrected chi connectivity index (χ0v) is 16.6. The van der Waals surface area contributed by atoms with E-state index >= 15 is 0 Å². The predicted octanol–water partition coefficient (Wildman–Crippen LogP) is 3.81. The number of nitrogens with zero attached hydrogens (tertiary/aromatic N) is 1. The fraction of sp³-hybridized carbons (Fsp3) is 0.250. The molecule has 30 heavy (non-hydrogen) atoms. The number of hydrogen-bond acceptors (Lipinski definition) is 3. The standard InChI is InChI=1S/C24H24FN3O2/c25-21-10-4-3-9-20(21)24(30)26-18-12-14-28(15-13-18)16-23(29)27-22-11-5-7-17-6-1-2-8-19(17)22/h1-11,18H,12-16H2,(H,26,30)(H,27,29). The van der Waals surface area contributed by atoms with E-state index in [1.807, 2.05) is 42.5 Å². The molecule has 1 heterocycles. The van der Waals surface area contributed by atoms with Crippen molar-refractivity contribution in [2.45, 2.75) is 18.9 Å². The third-order valence-corrected chi connectivity index (χ3v) is 5.47. The summed E-state index contributed by atoms with van der Waals surface area (Å²) in [6, 6.07) is 19.8. The van der Waals surface area contributed by atoms with Crippen LogP contribution in [-0.2, 0) is 4.79 Å². The molecule has 0 aromatic heterocycles. The highest BCUT2D eigenvalue weighted by molar-refractivity contribution is 6.02. The van der Waals surface area contributed by atoms with Crippen LogP contribution in [0.25, 0.3) is 10.8 Å². The monoisotopic (exact) mass is 405 g/mol. The first-order chi connectivity index (χ1) is 14.6. The highest BCUT2D eigenvalue weighted by Gasteiger charge is 2.23. The van der Waals surface area contributed by atoms with Crippen molar-refractivity contribution in [2.24, 2.45) is 0 Å². The Balaban J connectivity index is 1.28. The molecular formula is C24H24FN3O2. The second-order valence-electron chi connectivity index (χ2n) is 7.58. The first-order valence-electron chi connectivity index (χ1n) is 10.2. The maximum Gasteiger partial charge on any atom is 0.254 e. The summed E-state index contributed by atoms with van der Waals surface area (Å²) in [5, 5.41) is 8.02. The van der Waals surface area contributed by atoms with Crippen LogP contribution >= 0.6 is 0 Å². The minimum Gasteiger partial charge on any atom is -0.349 e. The normalized spacial score (nSPS) is 15.1. The molecule has 2 amide bonds. The number of fused-ring (bicyclic) bond motifs is 1. The Kier molecular flexibility index (Phi) is 6.05. The van der Waals surface area contributed by atoms with Crippen LogP contribution in [0.3, 0.4) is 0 Å². The fourth-order valence-electron chi connectivity index (χ4n) is 3.87. The van der Waals surface area contributed by atoms with Crippen molar-refractivity contribution in [1.29, 1.82) is 0 Å². The molecule has 6 heteroatoms. The molecule has 0 bridgehead atoms. The van der Waals surface area contributed by atoms with Gasteiger partial charge in [-0.25, -0.2) is 4.39 Å². The van der Waals surface area contributed by atoms with Crippen LogP contribution in [0.1, 0.15) is 23.2 Å². The summed E-state index contributed by atoms with van der Waals surface area (Å²) in [6.45, 7) is 1.70. The van der Waals surface area contributed by atoms with Gasteiger partial charge in [-0.3, -0.25) is 14.5 Å². The molecule has 0 radical (unpaired) electrons. The largest absolute Gasteiger partial charge is 0.349 e. The second kappa shape index (κ2) is 9.05. The molecule has 1 aliphatic rings.